The Morgan fingerprint density at radius 1 is 1.21 bits per heavy atom. The second kappa shape index (κ2) is 6.53. The molecule has 3 unspecified atom stereocenters. The molecular formula is C17H28N2. The third-order valence-electron chi connectivity index (χ3n) is 4.57. The van der Waals surface area contributed by atoms with E-state index in [0.717, 1.165) is 6.54 Å². The fourth-order valence-electron chi connectivity index (χ4n) is 3.40. The van der Waals surface area contributed by atoms with Crippen molar-refractivity contribution in [1.29, 1.82) is 0 Å². The molecule has 2 N–H and O–H groups in total. The quantitative estimate of drug-likeness (QED) is 0.875. The van der Waals surface area contributed by atoms with Gasteiger partial charge in [0.1, 0.15) is 0 Å². The van der Waals surface area contributed by atoms with E-state index in [0.29, 0.717) is 12.0 Å². The Morgan fingerprint density at radius 2 is 1.89 bits per heavy atom. The van der Waals surface area contributed by atoms with Crippen molar-refractivity contribution in [3.05, 3.63) is 35.4 Å². The number of likely N-dealkylation sites (N-methyl/N-ethyl adjacent to an activating group) is 1. The molecule has 0 radical (unpaired) electrons. The maximum atomic E-state index is 6.56. The molecule has 0 aliphatic heterocycles. The van der Waals surface area contributed by atoms with Gasteiger partial charge in [0.15, 0.2) is 0 Å². The molecule has 1 aromatic carbocycles. The molecule has 0 fully saturated rings. The van der Waals surface area contributed by atoms with Gasteiger partial charge in [0, 0.05) is 12.1 Å². The molecule has 1 aromatic rings. The van der Waals surface area contributed by atoms with E-state index < -0.39 is 0 Å². The lowest BCUT2D eigenvalue weighted by atomic mass is 9.77. The standard InChI is InChI=1S/C17H28N2/c1-4-6-11-19(5-2)16-12-13(3)14-9-7-8-10-15(14)17(16)18/h7-10,13,16-17H,4-6,11-12,18H2,1-3H3. The molecule has 0 saturated heterocycles. The Balaban J connectivity index is 2.20. The first-order valence-corrected chi connectivity index (χ1v) is 7.77. The number of nitrogens with two attached hydrogens (primary N) is 1. The lowest BCUT2D eigenvalue weighted by Crippen LogP contribution is -2.46. The zero-order valence-corrected chi connectivity index (χ0v) is 12.6. The van der Waals surface area contributed by atoms with E-state index in [-0.39, 0.29) is 6.04 Å². The summed E-state index contributed by atoms with van der Waals surface area (Å²) in [5.74, 6) is 0.622. The fourth-order valence-corrected chi connectivity index (χ4v) is 3.40. The van der Waals surface area contributed by atoms with Gasteiger partial charge in [-0.3, -0.25) is 4.90 Å². The summed E-state index contributed by atoms with van der Waals surface area (Å²) in [4.78, 5) is 2.58. The first-order valence-electron chi connectivity index (χ1n) is 7.77. The average Bonchev–Trinajstić information content (AvgIpc) is 2.44. The lowest BCUT2D eigenvalue weighted by molar-refractivity contribution is 0.152. The Bertz CT molecular complexity index is 402. The van der Waals surface area contributed by atoms with E-state index in [4.69, 9.17) is 5.73 Å². The van der Waals surface area contributed by atoms with Gasteiger partial charge in [0.05, 0.1) is 0 Å². The van der Waals surface area contributed by atoms with E-state index in [1.807, 2.05) is 0 Å². The SMILES string of the molecule is CCCCN(CC)C1CC(C)c2ccccc2C1N. The van der Waals surface area contributed by atoms with Gasteiger partial charge >= 0.3 is 0 Å². The number of unbranched alkanes of at least 4 members (excludes halogenated alkanes) is 1. The highest BCUT2D eigenvalue weighted by Gasteiger charge is 2.33. The second-order valence-electron chi connectivity index (χ2n) is 5.84. The highest BCUT2D eigenvalue weighted by atomic mass is 15.2. The Kier molecular flexibility index (Phi) is 5.00. The van der Waals surface area contributed by atoms with Crippen LogP contribution in [0.4, 0.5) is 0 Å². The van der Waals surface area contributed by atoms with E-state index in [2.05, 4.69) is 49.9 Å². The minimum atomic E-state index is 0.171. The van der Waals surface area contributed by atoms with Crippen LogP contribution >= 0.6 is 0 Å². The van der Waals surface area contributed by atoms with Crippen LogP contribution in [0.1, 0.15) is 63.1 Å². The van der Waals surface area contributed by atoms with Crippen molar-refractivity contribution in [2.75, 3.05) is 13.1 Å². The summed E-state index contributed by atoms with van der Waals surface area (Å²) in [6.07, 6.45) is 3.72. The highest BCUT2D eigenvalue weighted by Crippen LogP contribution is 2.38. The molecule has 1 aliphatic carbocycles. The summed E-state index contributed by atoms with van der Waals surface area (Å²) >= 11 is 0. The summed E-state index contributed by atoms with van der Waals surface area (Å²) in [5, 5.41) is 0. The molecule has 0 heterocycles. The Labute approximate surface area is 118 Å². The van der Waals surface area contributed by atoms with E-state index in [1.165, 1.54) is 36.9 Å². The largest absolute Gasteiger partial charge is 0.323 e. The number of hydrogen-bond donors (Lipinski definition) is 1. The lowest BCUT2D eigenvalue weighted by Gasteiger charge is -2.41. The van der Waals surface area contributed by atoms with Crippen LogP contribution in [0.15, 0.2) is 24.3 Å². The van der Waals surface area contributed by atoms with Gasteiger partial charge in [-0.15, -0.1) is 0 Å². The van der Waals surface area contributed by atoms with Gasteiger partial charge in [-0.1, -0.05) is 51.5 Å². The molecule has 2 rings (SSSR count). The van der Waals surface area contributed by atoms with E-state index in [1.54, 1.807) is 0 Å². The van der Waals surface area contributed by atoms with Crippen LogP contribution in [0.5, 0.6) is 0 Å². The number of rotatable bonds is 5. The predicted octanol–water partition coefficient (Wildman–Crippen LogP) is 3.68. The van der Waals surface area contributed by atoms with Crippen LogP contribution in [0, 0.1) is 0 Å². The minimum absolute atomic E-state index is 0.171. The molecule has 0 saturated carbocycles. The van der Waals surface area contributed by atoms with Crippen LogP contribution in [-0.4, -0.2) is 24.0 Å². The topological polar surface area (TPSA) is 29.3 Å². The molecule has 2 heteroatoms. The monoisotopic (exact) mass is 260 g/mol. The van der Waals surface area contributed by atoms with Crippen LogP contribution in [-0.2, 0) is 0 Å². The maximum absolute atomic E-state index is 6.56. The summed E-state index contributed by atoms with van der Waals surface area (Å²) < 4.78 is 0. The van der Waals surface area contributed by atoms with Crippen LogP contribution < -0.4 is 5.73 Å². The summed E-state index contributed by atoms with van der Waals surface area (Å²) in [5.41, 5.74) is 9.38. The normalized spacial score (nSPS) is 26.5. The zero-order valence-electron chi connectivity index (χ0n) is 12.6. The van der Waals surface area contributed by atoms with Gasteiger partial charge in [-0.05, 0) is 43.0 Å². The van der Waals surface area contributed by atoms with Gasteiger partial charge in [0.2, 0.25) is 0 Å². The number of nitrogens with zero attached hydrogens (tertiary/aromatic N) is 1. The van der Waals surface area contributed by atoms with E-state index in [9.17, 15) is 0 Å². The summed E-state index contributed by atoms with van der Waals surface area (Å²) in [6.45, 7) is 9.14. The van der Waals surface area contributed by atoms with Gasteiger partial charge in [-0.2, -0.15) is 0 Å². The summed E-state index contributed by atoms with van der Waals surface area (Å²) in [7, 11) is 0. The molecule has 19 heavy (non-hydrogen) atoms. The Morgan fingerprint density at radius 3 is 2.53 bits per heavy atom. The van der Waals surface area contributed by atoms with Crippen LogP contribution in [0.2, 0.25) is 0 Å². The molecule has 0 spiro atoms. The molecule has 2 nitrogen and oxygen atoms in total. The highest BCUT2D eigenvalue weighted by molar-refractivity contribution is 5.36. The number of benzene rings is 1. The fraction of sp³-hybridized carbons (Fsp3) is 0.647. The predicted molar refractivity (Wildman–Crippen MR) is 82.3 cm³/mol. The Hall–Kier alpha value is -0.860. The molecular weight excluding hydrogens is 232 g/mol. The second-order valence-corrected chi connectivity index (χ2v) is 5.84. The van der Waals surface area contributed by atoms with E-state index >= 15 is 0 Å². The van der Waals surface area contributed by atoms with Gasteiger partial charge in [0.25, 0.3) is 0 Å². The van der Waals surface area contributed by atoms with Crippen molar-refractivity contribution < 1.29 is 0 Å². The third kappa shape index (κ3) is 3.01. The number of fused-ring (bicyclic) bond motifs is 1. The first-order chi connectivity index (χ1) is 9.19. The molecule has 3 atom stereocenters. The molecule has 1 aliphatic rings. The average molecular weight is 260 g/mol. The molecule has 0 amide bonds. The summed E-state index contributed by atoms with van der Waals surface area (Å²) in [6, 6.07) is 9.40. The smallest absolute Gasteiger partial charge is 0.0456 e. The van der Waals surface area contributed by atoms with Crippen molar-refractivity contribution >= 4 is 0 Å². The van der Waals surface area contributed by atoms with Crippen molar-refractivity contribution in [2.45, 2.75) is 58.0 Å². The molecule has 0 aromatic heterocycles. The maximum Gasteiger partial charge on any atom is 0.0456 e. The van der Waals surface area contributed by atoms with Gasteiger partial charge < -0.3 is 5.73 Å². The third-order valence-corrected chi connectivity index (χ3v) is 4.57. The van der Waals surface area contributed by atoms with Gasteiger partial charge in [-0.25, -0.2) is 0 Å². The van der Waals surface area contributed by atoms with Crippen molar-refractivity contribution in [3.63, 3.8) is 0 Å². The van der Waals surface area contributed by atoms with Crippen LogP contribution in [0.25, 0.3) is 0 Å². The zero-order chi connectivity index (χ0) is 13.8. The molecule has 0 bridgehead atoms. The first kappa shape index (κ1) is 14.5. The minimum Gasteiger partial charge on any atom is -0.323 e. The van der Waals surface area contributed by atoms with Crippen molar-refractivity contribution in [2.24, 2.45) is 5.73 Å². The van der Waals surface area contributed by atoms with Crippen molar-refractivity contribution in [1.82, 2.24) is 4.90 Å². The van der Waals surface area contributed by atoms with Crippen LogP contribution in [0.3, 0.4) is 0 Å². The number of hydrogen-bond acceptors (Lipinski definition) is 2. The molecule has 106 valence electrons. The van der Waals surface area contributed by atoms with Crippen molar-refractivity contribution in [3.8, 4) is 0 Å².